The van der Waals surface area contributed by atoms with E-state index in [-0.39, 0.29) is 5.75 Å². The third-order valence-electron chi connectivity index (χ3n) is 3.25. The van der Waals surface area contributed by atoms with Crippen molar-refractivity contribution in [2.75, 3.05) is 5.75 Å². The van der Waals surface area contributed by atoms with Crippen molar-refractivity contribution in [3.8, 4) is 0 Å². The maximum atomic E-state index is 10.8. The normalized spacial score (nSPS) is 11.5. The lowest BCUT2D eigenvalue weighted by Gasteiger charge is -1.98. The van der Waals surface area contributed by atoms with Crippen LogP contribution in [0.2, 0.25) is 0 Å². The van der Waals surface area contributed by atoms with E-state index in [0.29, 0.717) is 5.03 Å². The molecule has 3 heterocycles. The monoisotopic (exact) mass is 327 g/mol. The molecular formula is C15H9N3O2S2. The minimum absolute atomic E-state index is 0.0181. The molecule has 0 aliphatic heterocycles. The summed E-state index contributed by atoms with van der Waals surface area (Å²) in [6.45, 7) is 0. The summed E-state index contributed by atoms with van der Waals surface area (Å²) in [5.41, 5.74) is 1.77. The number of carboxylic acid groups (broad SMARTS) is 1. The summed E-state index contributed by atoms with van der Waals surface area (Å²) in [6, 6.07) is 10.0. The quantitative estimate of drug-likeness (QED) is 0.458. The highest BCUT2D eigenvalue weighted by Crippen LogP contribution is 2.37. The van der Waals surface area contributed by atoms with E-state index in [1.165, 1.54) is 29.4 Å². The molecule has 1 N–H and O–H groups in total. The number of aromatic nitrogens is 3. The number of thioether (sulfide) groups is 1. The summed E-state index contributed by atoms with van der Waals surface area (Å²) < 4.78 is 0.895. The molecule has 0 unspecified atom stereocenters. The highest BCUT2D eigenvalue weighted by atomic mass is 32.2. The molecular weight excluding hydrogens is 318 g/mol. The number of benzene rings is 1. The van der Waals surface area contributed by atoms with Crippen LogP contribution in [0.3, 0.4) is 0 Å². The number of carboxylic acids is 1. The van der Waals surface area contributed by atoms with Crippen molar-refractivity contribution in [3.63, 3.8) is 0 Å². The summed E-state index contributed by atoms with van der Waals surface area (Å²) in [7, 11) is 0. The maximum Gasteiger partial charge on any atom is 0.313 e. The summed E-state index contributed by atoms with van der Waals surface area (Å²) in [4.78, 5) is 24.9. The van der Waals surface area contributed by atoms with Crippen LogP contribution < -0.4 is 0 Å². The van der Waals surface area contributed by atoms with Crippen molar-refractivity contribution in [2.45, 2.75) is 5.03 Å². The summed E-state index contributed by atoms with van der Waals surface area (Å²) in [6.07, 6.45) is 1.48. The predicted molar refractivity (Wildman–Crippen MR) is 88.6 cm³/mol. The molecule has 7 heteroatoms. The first-order chi connectivity index (χ1) is 10.7. The van der Waals surface area contributed by atoms with Gasteiger partial charge in [-0.25, -0.2) is 15.0 Å². The smallest absolute Gasteiger partial charge is 0.313 e. The Labute approximate surface area is 133 Å². The molecule has 108 valence electrons. The van der Waals surface area contributed by atoms with E-state index in [1.807, 2.05) is 24.3 Å². The number of hydrogen-bond donors (Lipinski definition) is 1. The van der Waals surface area contributed by atoms with Crippen molar-refractivity contribution < 1.29 is 9.90 Å². The van der Waals surface area contributed by atoms with Gasteiger partial charge in [-0.3, -0.25) is 4.79 Å². The first kappa shape index (κ1) is 13.4. The van der Waals surface area contributed by atoms with Gasteiger partial charge in [0.2, 0.25) is 0 Å². The summed E-state index contributed by atoms with van der Waals surface area (Å²) in [5, 5.41) is 11.6. The maximum absolute atomic E-state index is 10.8. The number of rotatable bonds is 3. The zero-order chi connectivity index (χ0) is 15.1. The molecule has 5 nitrogen and oxygen atoms in total. The minimum atomic E-state index is -0.860. The lowest BCUT2D eigenvalue weighted by molar-refractivity contribution is -0.133. The lowest BCUT2D eigenvalue weighted by atomic mass is 10.2. The molecule has 0 bridgehead atoms. The van der Waals surface area contributed by atoms with Crippen molar-refractivity contribution >= 4 is 60.4 Å². The molecule has 0 saturated heterocycles. The van der Waals surface area contributed by atoms with Crippen LogP contribution in [0.5, 0.6) is 0 Å². The average Bonchev–Trinajstić information content (AvgIpc) is 2.88. The predicted octanol–water partition coefficient (Wildman–Crippen LogP) is 3.57. The van der Waals surface area contributed by atoms with Crippen LogP contribution in [0.4, 0.5) is 0 Å². The van der Waals surface area contributed by atoms with Crippen LogP contribution in [-0.2, 0) is 4.79 Å². The number of fused-ring (bicyclic) bond motifs is 4. The number of nitrogens with zero attached hydrogens (tertiary/aromatic N) is 3. The first-order valence-corrected chi connectivity index (χ1v) is 8.30. The van der Waals surface area contributed by atoms with Gasteiger partial charge in [-0.2, -0.15) is 0 Å². The second-order valence-electron chi connectivity index (χ2n) is 4.67. The third-order valence-corrected chi connectivity index (χ3v) is 5.45. The SMILES string of the molecule is O=C(O)CSc1ncnc2c1sc1nc3ccccc3cc12. The zero-order valence-corrected chi connectivity index (χ0v) is 12.8. The van der Waals surface area contributed by atoms with E-state index >= 15 is 0 Å². The fourth-order valence-corrected chi connectivity index (χ4v) is 4.23. The molecule has 4 rings (SSSR count). The summed E-state index contributed by atoms with van der Waals surface area (Å²) >= 11 is 2.71. The van der Waals surface area contributed by atoms with Gasteiger partial charge in [0.25, 0.3) is 0 Å². The van der Waals surface area contributed by atoms with Gasteiger partial charge in [0.05, 0.1) is 21.5 Å². The number of hydrogen-bond acceptors (Lipinski definition) is 6. The molecule has 22 heavy (non-hydrogen) atoms. The first-order valence-electron chi connectivity index (χ1n) is 6.50. The van der Waals surface area contributed by atoms with Gasteiger partial charge in [-0.05, 0) is 12.1 Å². The van der Waals surface area contributed by atoms with Gasteiger partial charge < -0.3 is 5.11 Å². The van der Waals surface area contributed by atoms with E-state index in [4.69, 9.17) is 5.11 Å². The van der Waals surface area contributed by atoms with Gasteiger partial charge in [0.1, 0.15) is 16.2 Å². The average molecular weight is 327 g/mol. The standard InChI is InChI=1S/C15H9N3O2S2/c19-11(20)6-21-15-13-12(16-7-17-15)9-5-8-3-1-2-4-10(8)18-14(9)22-13/h1-5,7H,6H2,(H,19,20). The van der Waals surface area contributed by atoms with Gasteiger partial charge in [-0.1, -0.05) is 30.0 Å². The zero-order valence-electron chi connectivity index (χ0n) is 11.2. The Morgan fingerprint density at radius 2 is 2.14 bits per heavy atom. The van der Waals surface area contributed by atoms with Crippen molar-refractivity contribution in [3.05, 3.63) is 36.7 Å². The molecule has 0 aliphatic rings. The van der Waals surface area contributed by atoms with E-state index in [9.17, 15) is 4.79 Å². The Morgan fingerprint density at radius 3 is 3.00 bits per heavy atom. The molecule has 0 radical (unpaired) electrons. The fourth-order valence-electron chi connectivity index (χ4n) is 2.32. The molecule has 0 spiro atoms. The molecule has 0 aliphatic carbocycles. The van der Waals surface area contributed by atoms with Gasteiger partial charge in [-0.15, -0.1) is 11.3 Å². The van der Waals surface area contributed by atoms with E-state index in [2.05, 4.69) is 21.0 Å². The molecule has 1 aromatic carbocycles. The Morgan fingerprint density at radius 1 is 1.27 bits per heavy atom. The minimum Gasteiger partial charge on any atom is -0.481 e. The number of carbonyl (C=O) groups is 1. The van der Waals surface area contributed by atoms with Crippen LogP contribution in [-0.4, -0.2) is 31.8 Å². The molecule has 0 amide bonds. The molecule has 0 atom stereocenters. The number of thiophene rings is 1. The van der Waals surface area contributed by atoms with Crippen molar-refractivity contribution in [2.24, 2.45) is 0 Å². The number of pyridine rings is 1. The van der Waals surface area contributed by atoms with Crippen LogP contribution >= 0.6 is 23.1 Å². The van der Waals surface area contributed by atoms with E-state index in [0.717, 1.165) is 31.3 Å². The Hall–Kier alpha value is -2.25. The highest BCUT2D eigenvalue weighted by Gasteiger charge is 2.14. The number of aliphatic carboxylic acids is 1. The van der Waals surface area contributed by atoms with E-state index < -0.39 is 5.97 Å². The number of para-hydroxylation sites is 1. The Bertz CT molecular complexity index is 1030. The van der Waals surface area contributed by atoms with E-state index in [1.54, 1.807) is 0 Å². The second-order valence-corrected chi connectivity index (χ2v) is 6.64. The van der Waals surface area contributed by atoms with Crippen LogP contribution in [0.25, 0.3) is 31.3 Å². The molecule has 3 aromatic heterocycles. The molecule has 0 saturated carbocycles. The Balaban J connectivity index is 1.98. The molecule has 0 fully saturated rings. The second kappa shape index (κ2) is 5.19. The molecule has 4 aromatic rings. The lowest BCUT2D eigenvalue weighted by Crippen LogP contribution is -1.98. The van der Waals surface area contributed by atoms with Crippen molar-refractivity contribution in [1.29, 1.82) is 0 Å². The van der Waals surface area contributed by atoms with Crippen LogP contribution in [0, 0.1) is 0 Å². The van der Waals surface area contributed by atoms with Crippen molar-refractivity contribution in [1.82, 2.24) is 15.0 Å². The van der Waals surface area contributed by atoms with Gasteiger partial charge in [0.15, 0.2) is 0 Å². The van der Waals surface area contributed by atoms with Gasteiger partial charge in [0, 0.05) is 10.8 Å². The Kier molecular flexibility index (Phi) is 3.16. The third kappa shape index (κ3) is 2.18. The topological polar surface area (TPSA) is 76.0 Å². The van der Waals surface area contributed by atoms with Crippen LogP contribution in [0.15, 0.2) is 41.7 Å². The largest absolute Gasteiger partial charge is 0.481 e. The fraction of sp³-hybridized carbons (Fsp3) is 0.0667. The van der Waals surface area contributed by atoms with Crippen LogP contribution in [0.1, 0.15) is 0 Å². The highest BCUT2D eigenvalue weighted by molar-refractivity contribution is 8.00. The summed E-state index contributed by atoms with van der Waals surface area (Å²) in [5.74, 6) is -0.878. The van der Waals surface area contributed by atoms with Gasteiger partial charge >= 0.3 is 5.97 Å².